The standard InChI is InChI=1S/C18H25FN4O2.ClH/c1-12(2)18(3,11-20)22-15(24)5-4-6-16-21-17(23-25-16)13-7-9-14(19)10-8-13;/h7-10,12H,4-6,11,20H2,1-3H3,(H,22,24);1H. The summed E-state index contributed by atoms with van der Waals surface area (Å²) in [7, 11) is 0. The average molecular weight is 385 g/mol. The van der Waals surface area contributed by atoms with Gasteiger partial charge in [0, 0.05) is 24.9 Å². The number of nitrogens with zero attached hydrogens (tertiary/aromatic N) is 2. The summed E-state index contributed by atoms with van der Waals surface area (Å²) in [6.07, 6.45) is 1.45. The van der Waals surface area contributed by atoms with E-state index < -0.39 is 5.54 Å². The van der Waals surface area contributed by atoms with Crippen LogP contribution in [0.4, 0.5) is 4.39 Å². The lowest BCUT2D eigenvalue weighted by Gasteiger charge is -2.33. The van der Waals surface area contributed by atoms with Crippen molar-refractivity contribution in [2.24, 2.45) is 11.7 Å². The van der Waals surface area contributed by atoms with Gasteiger partial charge in [-0.25, -0.2) is 4.39 Å². The van der Waals surface area contributed by atoms with E-state index in [0.717, 1.165) is 0 Å². The average Bonchev–Trinajstić information content (AvgIpc) is 3.04. The van der Waals surface area contributed by atoms with Crippen molar-refractivity contribution in [3.8, 4) is 11.4 Å². The highest BCUT2D eigenvalue weighted by Crippen LogP contribution is 2.17. The van der Waals surface area contributed by atoms with E-state index >= 15 is 0 Å². The highest BCUT2D eigenvalue weighted by molar-refractivity contribution is 5.85. The molecule has 1 aromatic carbocycles. The maximum absolute atomic E-state index is 12.9. The van der Waals surface area contributed by atoms with E-state index in [0.29, 0.717) is 43.1 Å². The van der Waals surface area contributed by atoms with Crippen LogP contribution >= 0.6 is 12.4 Å². The molecule has 3 N–H and O–H groups in total. The molecule has 1 aromatic heterocycles. The summed E-state index contributed by atoms with van der Waals surface area (Å²) < 4.78 is 18.1. The van der Waals surface area contributed by atoms with Crippen LogP contribution in [0.2, 0.25) is 0 Å². The van der Waals surface area contributed by atoms with Gasteiger partial charge in [0.2, 0.25) is 17.6 Å². The maximum atomic E-state index is 12.9. The molecule has 1 atom stereocenters. The van der Waals surface area contributed by atoms with Crippen LogP contribution in [0.3, 0.4) is 0 Å². The third kappa shape index (κ3) is 5.78. The molecule has 6 nitrogen and oxygen atoms in total. The van der Waals surface area contributed by atoms with Crippen LogP contribution < -0.4 is 11.1 Å². The molecule has 0 saturated carbocycles. The Morgan fingerprint density at radius 2 is 2.00 bits per heavy atom. The summed E-state index contributed by atoms with van der Waals surface area (Å²) in [4.78, 5) is 16.4. The number of hydrogen-bond donors (Lipinski definition) is 2. The largest absolute Gasteiger partial charge is 0.349 e. The molecule has 0 aliphatic rings. The number of halogens is 2. The lowest BCUT2D eigenvalue weighted by Crippen LogP contribution is -2.54. The highest BCUT2D eigenvalue weighted by Gasteiger charge is 2.28. The van der Waals surface area contributed by atoms with Gasteiger partial charge in [-0.1, -0.05) is 19.0 Å². The second kappa shape index (κ2) is 9.64. The van der Waals surface area contributed by atoms with Crippen LogP contribution in [-0.2, 0) is 11.2 Å². The monoisotopic (exact) mass is 384 g/mol. The predicted octanol–water partition coefficient (Wildman–Crippen LogP) is 3.11. The van der Waals surface area contributed by atoms with Gasteiger partial charge in [0.25, 0.3) is 0 Å². The molecule has 144 valence electrons. The van der Waals surface area contributed by atoms with Crippen LogP contribution in [0.1, 0.15) is 39.5 Å². The van der Waals surface area contributed by atoms with Crippen molar-refractivity contribution in [2.45, 2.75) is 45.6 Å². The van der Waals surface area contributed by atoms with Gasteiger partial charge in [0.05, 0.1) is 5.54 Å². The normalized spacial score (nSPS) is 13.2. The first-order valence-corrected chi connectivity index (χ1v) is 8.43. The summed E-state index contributed by atoms with van der Waals surface area (Å²) in [6.45, 7) is 6.40. The number of carbonyl (C=O) groups excluding carboxylic acids is 1. The van der Waals surface area contributed by atoms with Crippen molar-refractivity contribution in [3.63, 3.8) is 0 Å². The molecule has 0 aliphatic carbocycles. The van der Waals surface area contributed by atoms with Gasteiger partial charge in [-0.3, -0.25) is 4.79 Å². The van der Waals surface area contributed by atoms with E-state index in [-0.39, 0.29) is 30.0 Å². The zero-order valence-electron chi connectivity index (χ0n) is 15.3. The first kappa shape index (κ1) is 22.1. The second-order valence-corrected chi connectivity index (χ2v) is 6.70. The Kier molecular flexibility index (Phi) is 8.17. The Morgan fingerprint density at radius 3 is 2.58 bits per heavy atom. The van der Waals surface area contributed by atoms with Crippen molar-refractivity contribution in [1.82, 2.24) is 15.5 Å². The Hall–Kier alpha value is -1.99. The van der Waals surface area contributed by atoms with Crippen molar-refractivity contribution in [1.29, 1.82) is 0 Å². The third-order valence-electron chi connectivity index (χ3n) is 4.49. The zero-order chi connectivity index (χ0) is 18.4. The molecule has 0 fully saturated rings. The molecule has 0 aliphatic heterocycles. The number of nitrogens with two attached hydrogens (primary N) is 1. The lowest BCUT2D eigenvalue weighted by atomic mass is 9.88. The summed E-state index contributed by atoms with van der Waals surface area (Å²) in [6, 6.07) is 5.88. The number of aryl methyl sites for hydroxylation is 1. The molecule has 8 heteroatoms. The minimum atomic E-state index is -0.405. The van der Waals surface area contributed by atoms with Crippen molar-refractivity contribution in [3.05, 3.63) is 36.0 Å². The van der Waals surface area contributed by atoms with Crippen molar-refractivity contribution in [2.75, 3.05) is 6.54 Å². The molecule has 0 saturated heterocycles. The Labute approximate surface area is 159 Å². The van der Waals surface area contributed by atoms with Gasteiger partial charge in [0.15, 0.2) is 0 Å². The highest BCUT2D eigenvalue weighted by atomic mass is 35.5. The van der Waals surface area contributed by atoms with E-state index in [1.807, 2.05) is 20.8 Å². The quantitative estimate of drug-likeness (QED) is 0.729. The number of rotatable bonds is 8. The number of nitrogens with one attached hydrogen (secondary N) is 1. The molecule has 0 bridgehead atoms. The lowest BCUT2D eigenvalue weighted by molar-refractivity contribution is -0.123. The fourth-order valence-electron chi connectivity index (χ4n) is 2.28. The molecule has 2 aromatic rings. The number of amides is 1. The van der Waals surface area contributed by atoms with Gasteiger partial charge in [-0.05, 0) is 43.5 Å². The van der Waals surface area contributed by atoms with E-state index in [9.17, 15) is 9.18 Å². The molecular weight excluding hydrogens is 359 g/mol. The molecule has 1 unspecified atom stereocenters. The van der Waals surface area contributed by atoms with E-state index in [1.165, 1.54) is 12.1 Å². The number of hydrogen-bond acceptors (Lipinski definition) is 5. The van der Waals surface area contributed by atoms with Gasteiger partial charge in [-0.2, -0.15) is 4.98 Å². The minimum absolute atomic E-state index is 0. The Balaban J connectivity index is 0.00000338. The zero-order valence-corrected chi connectivity index (χ0v) is 16.1. The fraction of sp³-hybridized carbons (Fsp3) is 0.500. The molecule has 0 spiro atoms. The minimum Gasteiger partial charge on any atom is -0.349 e. The van der Waals surface area contributed by atoms with E-state index in [4.69, 9.17) is 10.3 Å². The summed E-state index contributed by atoms with van der Waals surface area (Å²) >= 11 is 0. The van der Waals surface area contributed by atoms with Gasteiger partial charge in [-0.15, -0.1) is 12.4 Å². The summed E-state index contributed by atoms with van der Waals surface area (Å²) in [5.41, 5.74) is 6.05. The van der Waals surface area contributed by atoms with Crippen molar-refractivity contribution >= 4 is 18.3 Å². The van der Waals surface area contributed by atoms with Gasteiger partial charge < -0.3 is 15.6 Å². The van der Waals surface area contributed by atoms with Crippen LogP contribution in [0.5, 0.6) is 0 Å². The Morgan fingerprint density at radius 1 is 1.35 bits per heavy atom. The third-order valence-corrected chi connectivity index (χ3v) is 4.49. The summed E-state index contributed by atoms with van der Waals surface area (Å²) in [5.74, 6) is 0.757. The number of benzene rings is 1. The molecule has 26 heavy (non-hydrogen) atoms. The molecule has 0 radical (unpaired) electrons. The number of aromatic nitrogens is 2. The second-order valence-electron chi connectivity index (χ2n) is 6.70. The smallest absolute Gasteiger partial charge is 0.226 e. The van der Waals surface area contributed by atoms with Gasteiger partial charge in [0.1, 0.15) is 5.82 Å². The molecular formula is C18H26ClFN4O2. The first-order valence-electron chi connectivity index (χ1n) is 8.43. The predicted molar refractivity (Wildman–Crippen MR) is 100 cm³/mol. The SMILES string of the molecule is CC(C)C(C)(CN)NC(=O)CCCc1nc(-c2ccc(F)cc2)no1.Cl. The fourth-order valence-corrected chi connectivity index (χ4v) is 2.28. The van der Waals surface area contributed by atoms with E-state index in [2.05, 4.69) is 15.5 Å². The molecule has 1 amide bonds. The molecule has 1 heterocycles. The van der Waals surface area contributed by atoms with Crippen molar-refractivity contribution < 1.29 is 13.7 Å². The first-order chi connectivity index (χ1) is 11.8. The topological polar surface area (TPSA) is 94.0 Å². The van der Waals surface area contributed by atoms with Crippen LogP contribution in [-0.4, -0.2) is 28.1 Å². The van der Waals surface area contributed by atoms with Gasteiger partial charge >= 0.3 is 0 Å². The van der Waals surface area contributed by atoms with Crippen LogP contribution in [0.15, 0.2) is 28.8 Å². The number of carbonyl (C=O) groups is 1. The van der Waals surface area contributed by atoms with Crippen LogP contribution in [0.25, 0.3) is 11.4 Å². The maximum Gasteiger partial charge on any atom is 0.226 e. The van der Waals surface area contributed by atoms with E-state index in [1.54, 1.807) is 12.1 Å². The summed E-state index contributed by atoms with van der Waals surface area (Å²) in [5, 5.41) is 6.88. The Bertz CT molecular complexity index is 705. The van der Waals surface area contributed by atoms with Crippen LogP contribution in [0, 0.1) is 11.7 Å². The molecule has 2 rings (SSSR count).